The Morgan fingerprint density at radius 1 is 1.07 bits per heavy atom. The Balaban J connectivity index is 1.68. The van der Waals surface area contributed by atoms with E-state index in [1.807, 2.05) is 24.8 Å². The van der Waals surface area contributed by atoms with Crippen molar-refractivity contribution in [3.8, 4) is 11.1 Å². The first-order chi connectivity index (χ1) is 14.4. The molecular formula is C20H20N6O4. The molecule has 2 aromatic heterocycles. The number of morpholine rings is 1. The number of rotatable bonds is 1. The maximum atomic E-state index is 13.1. The highest BCUT2D eigenvalue weighted by Crippen LogP contribution is 2.46. The van der Waals surface area contributed by atoms with Crippen LogP contribution in [-0.4, -0.2) is 57.6 Å². The molecule has 0 aliphatic carbocycles. The second-order valence-corrected chi connectivity index (χ2v) is 7.97. The molecule has 2 saturated heterocycles. The van der Waals surface area contributed by atoms with Crippen molar-refractivity contribution < 1.29 is 19.1 Å². The van der Waals surface area contributed by atoms with Crippen LogP contribution in [0.5, 0.6) is 0 Å². The fourth-order valence-electron chi connectivity index (χ4n) is 4.91. The Labute approximate surface area is 172 Å². The number of carbonyl (C=O) groups is 3. The summed E-state index contributed by atoms with van der Waals surface area (Å²) in [6, 6.07) is 0.507. The number of ether oxygens (including phenoxy) is 1. The molecule has 2 N–H and O–H groups in total. The van der Waals surface area contributed by atoms with Crippen LogP contribution in [0, 0.1) is 5.41 Å². The van der Waals surface area contributed by atoms with Gasteiger partial charge in [-0.15, -0.1) is 0 Å². The summed E-state index contributed by atoms with van der Waals surface area (Å²) in [5.74, 6) is -0.517. The molecule has 5 heterocycles. The van der Waals surface area contributed by atoms with Crippen LogP contribution < -0.4 is 15.5 Å². The van der Waals surface area contributed by atoms with E-state index < -0.39 is 35.4 Å². The molecule has 2 aromatic rings. The topological polar surface area (TPSA) is 126 Å². The average Bonchev–Trinajstić information content (AvgIpc) is 2.71. The van der Waals surface area contributed by atoms with E-state index >= 15 is 0 Å². The monoisotopic (exact) mass is 408 g/mol. The number of aromatic nitrogens is 3. The lowest BCUT2D eigenvalue weighted by atomic mass is 9.67. The van der Waals surface area contributed by atoms with Crippen LogP contribution in [-0.2, 0) is 20.7 Å². The second kappa shape index (κ2) is 6.56. The van der Waals surface area contributed by atoms with Gasteiger partial charge < -0.3 is 9.64 Å². The number of nitrogens with one attached hydrogen (secondary N) is 2. The van der Waals surface area contributed by atoms with Crippen LogP contribution in [0.1, 0.15) is 19.4 Å². The van der Waals surface area contributed by atoms with Gasteiger partial charge in [0.15, 0.2) is 5.41 Å². The van der Waals surface area contributed by atoms with Crippen LogP contribution in [0.4, 0.5) is 10.6 Å². The van der Waals surface area contributed by atoms with Crippen molar-refractivity contribution in [2.24, 2.45) is 5.41 Å². The molecule has 1 spiro atoms. The second-order valence-electron chi connectivity index (χ2n) is 7.97. The molecule has 0 bridgehead atoms. The Morgan fingerprint density at radius 2 is 1.77 bits per heavy atom. The molecule has 0 unspecified atom stereocenters. The highest BCUT2D eigenvalue weighted by atomic mass is 16.5. The van der Waals surface area contributed by atoms with Gasteiger partial charge in [0.2, 0.25) is 11.8 Å². The molecule has 30 heavy (non-hydrogen) atoms. The predicted octanol–water partition coefficient (Wildman–Crippen LogP) is 0.429. The first-order valence-corrected chi connectivity index (χ1v) is 9.73. The number of pyridine rings is 1. The zero-order valence-corrected chi connectivity index (χ0v) is 16.5. The van der Waals surface area contributed by atoms with Gasteiger partial charge in [-0.2, -0.15) is 0 Å². The molecule has 0 saturated carbocycles. The van der Waals surface area contributed by atoms with Crippen LogP contribution in [0.3, 0.4) is 0 Å². The number of hydrogen-bond donors (Lipinski definition) is 2. The maximum absolute atomic E-state index is 13.1. The Bertz CT molecular complexity index is 1040. The lowest BCUT2D eigenvalue weighted by molar-refractivity contribution is -0.153. The smallest absolute Gasteiger partial charge is 0.328 e. The van der Waals surface area contributed by atoms with E-state index in [1.54, 1.807) is 18.6 Å². The van der Waals surface area contributed by atoms with Gasteiger partial charge >= 0.3 is 6.03 Å². The zero-order valence-electron chi connectivity index (χ0n) is 16.5. The number of nitrogens with zero attached hydrogens (tertiary/aromatic N) is 4. The van der Waals surface area contributed by atoms with Gasteiger partial charge in [-0.25, -0.2) is 19.7 Å². The van der Waals surface area contributed by atoms with E-state index in [-0.39, 0.29) is 12.5 Å². The molecular weight excluding hydrogens is 388 g/mol. The number of amides is 4. The van der Waals surface area contributed by atoms with Gasteiger partial charge in [0, 0.05) is 42.7 Å². The van der Waals surface area contributed by atoms with Gasteiger partial charge in [0.05, 0.1) is 18.2 Å². The van der Waals surface area contributed by atoms with Crippen molar-refractivity contribution in [1.29, 1.82) is 0 Å². The molecule has 0 aromatic carbocycles. The lowest BCUT2D eigenvalue weighted by Crippen LogP contribution is -2.75. The predicted molar refractivity (Wildman–Crippen MR) is 104 cm³/mol. The van der Waals surface area contributed by atoms with Crippen molar-refractivity contribution in [3.63, 3.8) is 0 Å². The van der Waals surface area contributed by atoms with Crippen LogP contribution >= 0.6 is 0 Å². The quantitative estimate of drug-likeness (QED) is 0.651. The summed E-state index contributed by atoms with van der Waals surface area (Å²) in [5.41, 5.74) is 0.799. The zero-order chi connectivity index (χ0) is 21.0. The highest BCUT2D eigenvalue weighted by Gasteiger charge is 2.63. The van der Waals surface area contributed by atoms with Crippen LogP contribution in [0.2, 0.25) is 0 Å². The van der Waals surface area contributed by atoms with Gasteiger partial charge in [-0.3, -0.25) is 20.2 Å². The van der Waals surface area contributed by atoms with Crippen molar-refractivity contribution in [3.05, 3.63) is 36.5 Å². The number of imide groups is 2. The van der Waals surface area contributed by atoms with Gasteiger partial charge in [-0.05, 0) is 25.5 Å². The minimum absolute atomic E-state index is 0.102. The van der Waals surface area contributed by atoms with Crippen molar-refractivity contribution >= 4 is 23.7 Å². The third kappa shape index (κ3) is 2.60. The largest absolute Gasteiger partial charge is 0.372 e. The minimum Gasteiger partial charge on any atom is -0.372 e. The minimum atomic E-state index is -1.51. The standard InChI is InChI=1S/C20H20N6O4/c1-10-8-26-15(11(2)30-10)20(17(27)24-19(29)25-18(20)28)4-12-3-13(7-23-16(12)26)14-5-21-9-22-6-14/h3,5-7,9-11,15H,4,8H2,1-2H3,(H2,24,25,27,28,29)/t10-,11+,15-/m1/s1. The first-order valence-electron chi connectivity index (χ1n) is 9.73. The van der Waals surface area contributed by atoms with Gasteiger partial charge in [-0.1, -0.05) is 0 Å². The SMILES string of the molecule is C[C@@H]1CN2c3ncc(-c4cncnc4)cc3CC3(C(=O)NC(=O)NC3=O)[C@H]2[C@H](C)O1. The molecule has 2 fully saturated rings. The molecule has 3 atom stereocenters. The van der Waals surface area contributed by atoms with E-state index in [1.165, 1.54) is 6.33 Å². The van der Waals surface area contributed by atoms with Crippen LogP contribution in [0.25, 0.3) is 11.1 Å². The normalized spacial score (nSPS) is 27.2. The third-order valence-corrected chi connectivity index (χ3v) is 6.03. The number of anilines is 1. The summed E-state index contributed by atoms with van der Waals surface area (Å²) in [5, 5.41) is 4.56. The molecule has 4 amide bonds. The molecule has 5 rings (SSSR count). The maximum Gasteiger partial charge on any atom is 0.328 e. The summed E-state index contributed by atoms with van der Waals surface area (Å²) in [7, 11) is 0. The summed E-state index contributed by atoms with van der Waals surface area (Å²) in [6.45, 7) is 4.25. The number of urea groups is 1. The van der Waals surface area contributed by atoms with Crippen molar-refractivity contribution in [2.45, 2.75) is 38.5 Å². The number of fused-ring (bicyclic) bond motifs is 4. The highest BCUT2D eigenvalue weighted by molar-refractivity contribution is 6.20. The number of hydrogen-bond acceptors (Lipinski definition) is 8. The van der Waals surface area contributed by atoms with E-state index in [4.69, 9.17) is 4.74 Å². The summed E-state index contributed by atoms with van der Waals surface area (Å²) >= 11 is 0. The molecule has 154 valence electrons. The Morgan fingerprint density at radius 3 is 2.47 bits per heavy atom. The van der Waals surface area contributed by atoms with Gasteiger partial charge in [0.25, 0.3) is 0 Å². The van der Waals surface area contributed by atoms with E-state index in [2.05, 4.69) is 25.6 Å². The van der Waals surface area contributed by atoms with E-state index in [0.717, 1.165) is 16.7 Å². The number of barbiturate groups is 1. The molecule has 3 aliphatic rings. The number of carbonyl (C=O) groups excluding carboxylic acids is 3. The molecule has 10 nitrogen and oxygen atoms in total. The fraction of sp³-hybridized carbons (Fsp3) is 0.400. The molecule has 0 radical (unpaired) electrons. The first kappa shape index (κ1) is 18.6. The van der Waals surface area contributed by atoms with E-state index in [9.17, 15) is 14.4 Å². The average molecular weight is 408 g/mol. The Kier molecular flexibility index (Phi) is 4.07. The Hall–Kier alpha value is -3.40. The van der Waals surface area contributed by atoms with Gasteiger partial charge in [0.1, 0.15) is 12.1 Å². The van der Waals surface area contributed by atoms with E-state index in [0.29, 0.717) is 12.4 Å². The summed E-state index contributed by atoms with van der Waals surface area (Å²) in [6.07, 6.45) is 6.10. The summed E-state index contributed by atoms with van der Waals surface area (Å²) in [4.78, 5) is 52.7. The van der Waals surface area contributed by atoms with Crippen LogP contribution in [0.15, 0.2) is 31.0 Å². The fourth-order valence-corrected chi connectivity index (χ4v) is 4.91. The van der Waals surface area contributed by atoms with Crippen molar-refractivity contribution in [2.75, 3.05) is 11.4 Å². The summed E-state index contributed by atoms with van der Waals surface area (Å²) < 4.78 is 5.98. The molecule has 3 aliphatic heterocycles. The third-order valence-electron chi connectivity index (χ3n) is 6.03. The molecule has 10 heteroatoms. The lowest BCUT2D eigenvalue weighted by Gasteiger charge is -2.54. The van der Waals surface area contributed by atoms with Crippen molar-refractivity contribution in [1.82, 2.24) is 25.6 Å².